The van der Waals surface area contributed by atoms with Crippen LogP contribution in [0.3, 0.4) is 0 Å². The quantitative estimate of drug-likeness (QED) is 0.897. The van der Waals surface area contributed by atoms with Gasteiger partial charge in [0, 0.05) is 18.6 Å². The van der Waals surface area contributed by atoms with Gasteiger partial charge >= 0.3 is 0 Å². The number of hydrogen-bond donors (Lipinski definition) is 1. The van der Waals surface area contributed by atoms with Crippen molar-refractivity contribution in [3.05, 3.63) is 35.4 Å². The molecule has 1 aliphatic heterocycles. The van der Waals surface area contributed by atoms with Crippen molar-refractivity contribution in [1.82, 2.24) is 5.32 Å². The van der Waals surface area contributed by atoms with Gasteiger partial charge in [0.15, 0.2) is 0 Å². The maximum atomic E-state index is 5.62. The van der Waals surface area contributed by atoms with Crippen LogP contribution in [0.5, 0.6) is 0 Å². The molecule has 2 nitrogen and oxygen atoms in total. The summed E-state index contributed by atoms with van der Waals surface area (Å²) in [5.41, 5.74) is 3.16. The van der Waals surface area contributed by atoms with Crippen molar-refractivity contribution < 1.29 is 4.74 Å². The smallest absolute Gasteiger partial charge is 0.0510 e. The van der Waals surface area contributed by atoms with E-state index >= 15 is 0 Å². The Kier molecular flexibility index (Phi) is 4.19. The predicted molar refractivity (Wildman–Crippen MR) is 78.5 cm³/mol. The molecular formula is C17H25NO. The lowest BCUT2D eigenvalue weighted by molar-refractivity contribution is 0.170. The van der Waals surface area contributed by atoms with Crippen LogP contribution in [0.4, 0.5) is 0 Å². The molecule has 0 bridgehead atoms. The second-order valence-electron chi connectivity index (χ2n) is 5.90. The molecule has 3 rings (SSSR count). The lowest BCUT2D eigenvalue weighted by atomic mass is 9.74. The zero-order valence-corrected chi connectivity index (χ0v) is 11.9. The maximum absolute atomic E-state index is 5.62. The highest BCUT2D eigenvalue weighted by Gasteiger charge is 2.34. The minimum atomic E-state index is 0.592. The van der Waals surface area contributed by atoms with Crippen molar-refractivity contribution >= 4 is 0 Å². The number of rotatable bonds is 4. The Balaban J connectivity index is 1.86. The van der Waals surface area contributed by atoms with Crippen molar-refractivity contribution in [3.8, 4) is 0 Å². The van der Waals surface area contributed by atoms with E-state index < -0.39 is 0 Å². The minimum Gasteiger partial charge on any atom is -0.381 e. The predicted octanol–water partition coefficient (Wildman–Crippen LogP) is 3.12. The lowest BCUT2D eigenvalue weighted by Gasteiger charge is -2.36. The Morgan fingerprint density at radius 1 is 1.32 bits per heavy atom. The third-order valence-corrected chi connectivity index (χ3v) is 4.76. The molecule has 1 fully saturated rings. The Labute approximate surface area is 116 Å². The van der Waals surface area contributed by atoms with Crippen LogP contribution in [0, 0.1) is 5.92 Å². The highest BCUT2D eigenvalue weighted by atomic mass is 16.5. The highest BCUT2D eigenvalue weighted by molar-refractivity contribution is 5.34. The molecule has 1 aliphatic carbocycles. The van der Waals surface area contributed by atoms with Crippen LogP contribution in [-0.4, -0.2) is 25.8 Å². The molecule has 1 heterocycles. The maximum Gasteiger partial charge on any atom is 0.0510 e. The van der Waals surface area contributed by atoms with Gasteiger partial charge in [-0.25, -0.2) is 0 Å². The molecule has 0 spiro atoms. The molecule has 2 aliphatic rings. The molecule has 1 aromatic rings. The first-order valence-electron chi connectivity index (χ1n) is 7.79. The molecule has 0 saturated carbocycles. The van der Waals surface area contributed by atoms with E-state index in [1.165, 1.54) is 25.7 Å². The Bertz CT molecular complexity index is 411. The van der Waals surface area contributed by atoms with E-state index in [0.29, 0.717) is 17.9 Å². The van der Waals surface area contributed by atoms with Crippen molar-refractivity contribution in [3.63, 3.8) is 0 Å². The average Bonchev–Trinajstić information content (AvgIpc) is 2.98. The van der Waals surface area contributed by atoms with E-state index in [4.69, 9.17) is 4.74 Å². The van der Waals surface area contributed by atoms with Crippen LogP contribution >= 0.6 is 0 Å². The summed E-state index contributed by atoms with van der Waals surface area (Å²) < 4.78 is 5.62. The van der Waals surface area contributed by atoms with Gasteiger partial charge < -0.3 is 10.1 Å². The molecule has 19 heavy (non-hydrogen) atoms. The van der Waals surface area contributed by atoms with Gasteiger partial charge in [-0.1, -0.05) is 31.2 Å². The van der Waals surface area contributed by atoms with Crippen LogP contribution in [0.2, 0.25) is 0 Å². The van der Waals surface area contributed by atoms with E-state index in [0.717, 1.165) is 19.8 Å². The van der Waals surface area contributed by atoms with Crippen LogP contribution in [0.25, 0.3) is 0 Å². The van der Waals surface area contributed by atoms with Crippen LogP contribution in [-0.2, 0) is 11.2 Å². The van der Waals surface area contributed by atoms with E-state index in [-0.39, 0.29) is 0 Å². The van der Waals surface area contributed by atoms with Crippen LogP contribution in [0.15, 0.2) is 24.3 Å². The van der Waals surface area contributed by atoms with E-state index in [1.807, 2.05) is 0 Å². The fraction of sp³-hybridized carbons (Fsp3) is 0.647. The van der Waals surface area contributed by atoms with Gasteiger partial charge in [-0.3, -0.25) is 0 Å². The summed E-state index contributed by atoms with van der Waals surface area (Å²) in [6.07, 6.45) is 5.13. The number of benzene rings is 1. The molecule has 3 atom stereocenters. The number of likely N-dealkylation sites (N-methyl/N-ethyl adjacent to an activating group) is 1. The SMILES string of the molecule is CCNC(C1CCOC1)C1CCCc2ccccc21. The van der Waals surface area contributed by atoms with E-state index in [9.17, 15) is 0 Å². The first-order chi connectivity index (χ1) is 9.40. The average molecular weight is 259 g/mol. The van der Waals surface area contributed by atoms with Gasteiger partial charge in [-0.05, 0) is 49.3 Å². The highest BCUT2D eigenvalue weighted by Crippen LogP contribution is 2.37. The van der Waals surface area contributed by atoms with Crippen molar-refractivity contribution in [2.45, 2.75) is 44.6 Å². The third kappa shape index (κ3) is 2.70. The Hall–Kier alpha value is -0.860. The van der Waals surface area contributed by atoms with E-state index in [1.54, 1.807) is 11.1 Å². The monoisotopic (exact) mass is 259 g/mol. The number of hydrogen-bond acceptors (Lipinski definition) is 2. The number of nitrogens with one attached hydrogen (secondary N) is 1. The fourth-order valence-corrected chi connectivity index (χ4v) is 3.87. The molecule has 0 aromatic heterocycles. The summed E-state index contributed by atoms with van der Waals surface area (Å²) in [5.74, 6) is 1.37. The molecule has 1 saturated heterocycles. The largest absolute Gasteiger partial charge is 0.381 e. The Morgan fingerprint density at radius 3 is 3.00 bits per heavy atom. The summed E-state index contributed by atoms with van der Waals surface area (Å²) in [4.78, 5) is 0. The van der Waals surface area contributed by atoms with Gasteiger partial charge in [0.05, 0.1) is 6.61 Å². The summed E-state index contributed by atoms with van der Waals surface area (Å²) in [6, 6.07) is 9.64. The topological polar surface area (TPSA) is 21.3 Å². The minimum absolute atomic E-state index is 0.592. The van der Waals surface area contributed by atoms with Gasteiger partial charge in [0.25, 0.3) is 0 Å². The summed E-state index contributed by atoms with van der Waals surface area (Å²) in [6.45, 7) is 5.16. The van der Waals surface area contributed by atoms with Gasteiger partial charge in [-0.2, -0.15) is 0 Å². The molecule has 3 unspecified atom stereocenters. The molecule has 0 amide bonds. The number of aryl methyl sites for hydroxylation is 1. The lowest BCUT2D eigenvalue weighted by Crippen LogP contribution is -2.42. The third-order valence-electron chi connectivity index (χ3n) is 4.76. The van der Waals surface area contributed by atoms with Crippen LogP contribution in [0.1, 0.15) is 43.2 Å². The Morgan fingerprint density at radius 2 is 2.21 bits per heavy atom. The first kappa shape index (κ1) is 13.1. The number of ether oxygens (including phenoxy) is 1. The summed E-state index contributed by atoms with van der Waals surface area (Å²) in [7, 11) is 0. The van der Waals surface area contributed by atoms with Crippen molar-refractivity contribution in [1.29, 1.82) is 0 Å². The molecule has 104 valence electrons. The zero-order chi connectivity index (χ0) is 13.1. The van der Waals surface area contributed by atoms with Crippen molar-refractivity contribution in [2.75, 3.05) is 19.8 Å². The first-order valence-corrected chi connectivity index (χ1v) is 7.79. The summed E-state index contributed by atoms with van der Waals surface area (Å²) in [5, 5.41) is 3.76. The fourth-order valence-electron chi connectivity index (χ4n) is 3.87. The van der Waals surface area contributed by atoms with Gasteiger partial charge in [0.2, 0.25) is 0 Å². The molecule has 1 aromatic carbocycles. The second kappa shape index (κ2) is 6.06. The zero-order valence-electron chi connectivity index (χ0n) is 11.9. The molecular weight excluding hydrogens is 234 g/mol. The van der Waals surface area contributed by atoms with Crippen LogP contribution < -0.4 is 5.32 Å². The van der Waals surface area contributed by atoms with Gasteiger partial charge in [-0.15, -0.1) is 0 Å². The molecule has 2 heteroatoms. The van der Waals surface area contributed by atoms with Crippen molar-refractivity contribution in [2.24, 2.45) is 5.92 Å². The normalized spacial score (nSPS) is 28.1. The second-order valence-corrected chi connectivity index (χ2v) is 5.90. The molecule has 1 N–H and O–H groups in total. The molecule has 0 radical (unpaired) electrons. The van der Waals surface area contributed by atoms with E-state index in [2.05, 4.69) is 36.5 Å². The summed E-state index contributed by atoms with van der Waals surface area (Å²) >= 11 is 0. The van der Waals surface area contributed by atoms with Gasteiger partial charge in [0.1, 0.15) is 0 Å². The standard InChI is InChI=1S/C17H25NO/c1-2-18-17(14-10-11-19-12-14)16-9-5-7-13-6-3-4-8-15(13)16/h3-4,6,8,14,16-18H,2,5,7,9-12H2,1H3. The number of fused-ring (bicyclic) bond motifs is 1.